The molecule has 0 amide bonds. The second kappa shape index (κ2) is 6.37. The van der Waals surface area contributed by atoms with Gasteiger partial charge in [0.15, 0.2) is 5.82 Å². The Morgan fingerprint density at radius 1 is 1.36 bits per heavy atom. The van der Waals surface area contributed by atoms with Crippen LogP contribution in [0.2, 0.25) is 0 Å². The number of hydrogen-bond donors (Lipinski definition) is 0. The van der Waals surface area contributed by atoms with Gasteiger partial charge in [-0.1, -0.05) is 5.16 Å². The first-order valence-electron chi connectivity index (χ1n) is 7.20. The van der Waals surface area contributed by atoms with E-state index < -0.39 is 0 Å². The van der Waals surface area contributed by atoms with E-state index in [-0.39, 0.29) is 12.1 Å². The minimum atomic E-state index is -0.0844. The highest BCUT2D eigenvalue weighted by Crippen LogP contribution is 2.29. The van der Waals surface area contributed by atoms with Gasteiger partial charge in [-0.15, -0.1) is 5.10 Å². The lowest BCUT2D eigenvalue weighted by Crippen LogP contribution is -2.44. The summed E-state index contributed by atoms with van der Waals surface area (Å²) in [4.78, 5) is 6.57. The number of rotatable bonds is 4. The second-order valence-corrected chi connectivity index (χ2v) is 5.24. The van der Waals surface area contributed by atoms with Crippen LogP contribution in [0, 0.1) is 6.92 Å². The van der Waals surface area contributed by atoms with Crippen LogP contribution < -0.4 is 4.74 Å². The number of hydrogen-bond acceptors (Lipinski definition) is 8. The van der Waals surface area contributed by atoms with Crippen LogP contribution in [0.25, 0.3) is 0 Å². The normalized spacial score (nSPS) is 22.7. The zero-order valence-corrected chi connectivity index (χ0v) is 12.9. The molecule has 0 aromatic carbocycles. The molecule has 118 valence electrons. The molecule has 2 aromatic heterocycles. The Bertz CT molecular complexity index is 615. The van der Waals surface area contributed by atoms with Crippen molar-refractivity contribution in [2.24, 2.45) is 0 Å². The third kappa shape index (κ3) is 3.07. The maximum Gasteiger partial charge on any atom is 0.246 e. The number of nitrogens with zero attached hydrogens (tertiary/aromatic N) is 5. The van der Waals surface area contributed by atoms with Crippen molar-refractivity contribution < 1.29 is 14.0 Å². The van der Waals surface area contributed by atoms with Crippen molar-refractivity contribution in [3.63, 3.8) is 0 Å². The third-order valence-corrected chi connectivity index (χ3v) is 3.66. The molecular weight excluding hydrogens is 286 g/mol. The van der Waals surface area contributed by atoms with E-state index in [0.29, 0.717) is 30.7 Å². The second-order valence-electron chi connectivity index (χ2n) is 5.24. The van der Waals surface area contributed by atoms with E-state index in [0.717, 1.165) is 12.2 Å². The standard InChI is InChI=1S/C14H19N5O3/c1-9-13(14-15-10(2)18-22-14)19(6-7-21-9)8-11-4-5-12(20-3)17-16-11/h4-5,9,13H,6-8H2,1-3H3/t9-,13+/m1/s1. The van der Waals surface area contributed by atoms with Crippen molar-refractivity contribution in [1.82, 2.24) is 25.2 Å². The molecule has 1 aliphatic rings. The monoisotopic (exact) mass is 305 g/mol. The van der Waals surface area contributed by atoms with Crippen molar-refractivity contribution in [3.8, 4) is 5.88 Å². The van der Waals surface area contributed by atoms with E-state index in [4.69, 9.17) is 14.0 Å². The van der Waals surface area contributed by atoms with Gasteiger partial charge in [-0.05, 0) is 19.9 Å². The topological polar surface area (TPSA) is 86.4 Å². The van der Waals surface area contributed by atoms with Crippen LogP contribution in [0.15, 0.2) is 16.7 Å². The van der Waals surface area contributed by atoms with Crippen molar-refractivity contribution >= 4 is 0 Å². The Labute approximate surface area is 128 Å². The Morgan fingerprint density at radius 3 is 2.86 bits per heavy atom. The van der Waals surface area contributed by atoms with Gasteiger partial charge in [-0.3, -0.25) is 4.90 Å². The molecule has 0 spiro atoms. The summed E-state index contributed by atoms with van der Waals surface area (Å²) in [6.45, 7) is 5.88. The predicted molar refractivity (Wildman–Crippen MR) is 76.2 cm³/mol. The van der Waals surface area contributed by atoms with Gasteiger partial charge in [0.25, 0.3) is 0 Å². The molecular formula is C14H19N5O3. The van der Waals surface area contributed by atoms with Gasteiger partial charge in [0.1, 0.15) is 6.04 Å². The first-order valence-corrected chi connectivity index (χ1v) is 7.20. The molecule has 0 saturated carbocycles. The summed E-state index contributed by atoms with van der Waals surface area (Å²) >= 11 is 0. The van der Waals surface area contributed by atoms with Gasteiger partial charge in [-0.2, -0.15) is 10.1 Å². The van der Waals surface area contributed by atoms with Crippen molar-refractivity contribution in [3.05, 3.63) is 29.5 Å². The molecule has 0 N–H and O–H groups in total. The smallest absolute Gasteiger partial charge is 0.246 e. The summed E-state index contributed by atoms with van der Waals surface area (Å²) in [5.41, 5.74) is 0.858. The number of aryl methyl sites for hydroxylation is 1. The summed E-state index contributed by atoms with van der Waals surface area (Å²) in [5.74, 6) is 1.70. The summed E-state index contributed by atoms with van der Waals surface area (Å²) in [5, 5.41) is 12.1. The number of methoxy groups -OCH3 is 1. The molecule has 0 aliphatic carbocycles. The van der Waals surface area contributed by atoms with Crippen LogP contribution in [0.5, 0.6) is 5.88 Å². The lowest BCUT2D eigenvalue weighted by molar-refractivity contribution is -0.0767. The summed E-state index contributed by atoms with van der Waals surface area (Å²) in [7, 11) is 1.57. The molecule has 8 heteroatoms. The molecule has 8 nitrogen and oxygen atoms in total. The molecule has 1 aliphatic heterocycles. The Kier molecular flexibility index (Phi) is 4.30. The number of aromatic nitrogens is 4. The highest BCUT2D eigenvalue weighted by molar-refractivity contribution is 5.12. The number of morpholine rings is 1. The van der Waals surface area contributed by atoms with Crippen LogP contribution in [0.3, 0.4) is 0 Å². The first-order chi connectivity index (χ1) is 10.7. The molecule has 22 heavy (non-hydrogen) atoms. The van der Waals surface area contributed by atoms with E-state index in [1.54, 1.807) is 20.1 Å². The highest BCUT2D eigenvalue weighted by atomic mass is 16.5. The molecule has 0 unspecified atom stereocenters. The molecule has 1 saturated heterocycles. The molecule has 2 atom stereocenters. The van der Waals surface area contributed by atoms with E-state index >= 15 is 0 Å². The van der Waals surface area contributed by atoms with Crippen LogP contribution in [0.1, 0.15) is 30.4 Å². The summed E-state index contributed by atoms with van der Waals surface area (Å²) in [6, 6.07) is 3.62. The van der Waals surface area contributed by atoms with Gasteiger partial charge in [0.2, 0.25) is 11.8 Å². The Hall–Kier alpha value is -2.06. The van der Waals surface area contributed by atoms with Gasteiger partial charge in [-0.25, -0.2) is 0 Å². The SMILES string of the molecule is COc1ccc(CN2CCO[C@H](C)[C@H]2c2nc(C)no2)nn1. The fourth-order valence-corrected chi connectivity index (χ4v) is 2.60. The Balaban J connectivity index is 1.79. The molecule has 2 aromatic rings. The van der Waals surface area contributed by atoms with Crippen molar-refractivity contribution in [2.45, 2.75) is 32.5 Å². The zero-order chi connectivity index (χ0) is 15.5. The average Bonchev–Trinajstić information content (AvgIpc) is 2.94. The molecule has 0 radical (unpaired) electrons. The lowest BCUT2D eigenvalue weighted by Gasteiger charge is -2.37. The van der Waals surface area contributed by atoms with E-state index in [9.17, 15) is 0 Å². The van der Waals surface area contributed by atoms with Gasteiger partial charge < -0.3 is 14.0 Å². The molecule has 3 heterocycles. The van der Waals surface area contributed by atoms with Crippen molar-refractivity contribution in [1.29, 1.82) is 0 Å². The molecule has 0 bridgehead atoms. The highest BCUT2D eigenvalue weighted by Gasteiger charge is 2.35. The Morgan fingerprint density at radius 2 is 2.23 bits per heavy atom. The van der Waals surface area contributed by atoms with E-state index in [1.165, 1.54) is 0 Å². The third-order valence-electron chi connectivity index (χ3n) is 3.66. The van der Waals surface area contributed by atoms with Crippen LogP contribution in [-0.4, -0.2) is 51.6 Å². The lowest BCUT2D eigenvalue weighted by atomic mass is 10.1. The minimum absolute atomic E-state index is 0.0280. The quantitative estimate of drug-likeness (QED) is 0.831. The van der Waals surface area contributed by atoms with Gasteiger partial charge in [0.05, 0.1) is 25.5 Å². The fourth-order valence-electron chi connectivity index (χ4n) is 2.60. The van der Waals surface area contributed by atoms with E-state index in [1.807, 2.05) is 13.0 Å². The van der Waals surface area contributed by atoms with E-state index in [2.05, 4.69) is 25.2 Å². The maximum absolute atomic E-state index is 5.73. The predicted octanol–water partition coefficient (Wildman–Crippen LogP) is 1.14. The largest absolute Gasteiger partial charge is 0.480 e. The van der Waals surface area contributed by atoms with Crippen LogP contribution >= 0.6 is 0 Å². The molecule has 1 fully saturated rings. The van der Waals surface area contributed by atoms with Gasteiger partial charge in [0, 0.05) is 19.2 Å². The van der Waals surface area contributed by atoms with Gasteiger partial charge >= 0.3 is 0 Å². The molecule has 3 rings (SSSR count). The van der Waals surface area contributed by atoms with Crippen LogP contribution in [0.4, 0.5) is 0 Å². The van der Waals surface area contributed by atoms with Crippen molar-refractivity contribution in [2.75, 3.05) is 20.3 Å². The first kappa shape index (κ1) is 14.9. The minimum Gasteiger partial charge on any atom is -0.480 e. The average molecular weight is 305 g/mol. The fraction of sp³-hybridized carbons (Fsp3) is 0.571. The maximum atomic E-state index is 5.73. The number of ether oxygens (including phenoxy) is 2. The summed E-state index contributed by atoms with van der Waals surface area (Å²) in [6.07, 6.45) is -0.0280. The summed E-state index contributed by atoms with van der Waals surface area (Å²) < 4.78 is 16.1. The van der Waals surface area contributed by atoms with Crippen LogP contribution in [-0.2, 0) is 11.3 Å². The zero-order valence-electron chi connectivity index (χ0n) is 12.9.